The van der Waals surface area contributed by atoms with Crippen LogP contribution in [0.3, 0.4) is 0 Å². The molecule has 3 heteroatoms. The molecule has 2 rings (SSSR count). The van der Waals surface area contributed by atoms with E-state index in [-0.39, 0.29) is 17.9 Å². The molecule has 1 aliphatic carbocycles. The Hall–Kier alpha value is -1.82. The maximum atomic E-state index is 12.4. The molecule has 0 bridgehead atoms. The molecule has 0 heterocycles. The highest BCUT2D eigenvalue weighted by Gasteiger charge is 2.26. The monoisotopic (exact) mass is 256 g/mol. The largest absolute Gasteiger partial charge is 0.339 e. The summed E-state index contributed by atoms with van der Waals surface area (Å²) in [5.74, 6) is 0.263. The van der Waals surface area contributed by atoms with Gasteiger partial charge in [-0.3, -0.25) is 4.79 Å². The SMILES string of the molecule is Cc1ccc(C(=O)N(C)C2CCC(C#N)CC2)cc1. The lowest BCUT2D eigenvalue weighted by molar-refractivity contribution is 0.0686. The molecular weight excluding hydrogens is 236 g/mol. The topological polar surface area (TPSA) is 44.1 Å². The van der Waals surface area contributed by atoms with Gasteiger partial charge in [0.2, 0.25) is 0 Å². The van der Waals surface area contributed by atoms with Crippen LogP contribution in [0, 0.1) is 24.2 Å². The normalized spacial score (nSPS) is 22.6. The van der Waals surface area contributed by atoms with Crippen LogP contribution in [-0.2, 0) is 0 Å². The van der Waals surface area contributed by atoms with Crippen LogP contribution in [0.2, 0.25) is 0 Å². The van der Waals surface area contributed by atoms with Crippen LogP contribution in [0.15, 0.2) is 24.3 Å². The molecule has 3 nitrogen and oxygen atoms in total. The number of carbonyl (C=O) groups is 1. The van der Waals surface area contributed by atoms with Crippen LogP contribution in [-0.4, -0.2) is 23.9 Å². The van der Waals surface area contributed by atoms with Gasteiger partial charge in [-0.2, -0.15) is 5.26 Å². The van der Waals surface area contributed by atoms with Crippen molar-refractivity contribution in [1.29, 1.82) is 5.26 Å². The molecule has 100 valence electrons. The van der Waals surface area contributed by atoms with Gasteiger partial charge in [0.15, 0.2) is 0 Å². The number of hydrogen-bond acceptors (Lipinski definition) is 2. The Labute approximate surface area is 114 Å². The molecule has 1 fully saturated rings. The van der Waals surface area contributed by atoms with Gasteiger partial charge < -0.3 is 4.90 Å². The minimum absolute atomic E-state index is 0.0837. The summed E-state index contributed by atoms with van der Waals surface area (Å²) in [6.07, 6.45) is 3.69. The van der Waals surface area contributed by atoms with E-state index in [1.165, 1.54) is 0 Å². The Morgan fingerprint density at radius 2 is 1.79 bits per heavy atom. The average molecular weight is 256 g/mol. The molecule has 0 aliphatic heterocycles. The quantitative estimate of drug-likeness (QED) is 0.816. The summed E-state index contributed by atoms with van der Waals surface area (Å²) in [6.45, 7) is 2.02. The third kappa shape index (κ3) is 3.14. The second kappa shape index (κ2) is 5.88. The zero-order chi connectivity index (χ0) is 13.8. The zero-order valence-electron chi connectivity index (χ0n) is 11.6. The molecule has 0 aromatic heterocycles. The Morgan fingerprint density at radius 1 is 1.21 bits per heavy atom. The molecule has 1 saturated carbocycles. The molecule has 1 amide bonds. The molecule has 19 heavy (non-hydrogen) atoms. The van der Waals surface area contributed by atoms with Crippen LogP contribution >= 0.6 is 0 Å². The number of carbonyl (C=O) groups excluding carboxylic acids is 1. The molecule has 0 saturated heterocycles. The van der Waals surface area contributed by atoms with E-state index < -0.39 is 0 Å². The van der Waals surface area contributed by atoms with Crippen molar-refractivity contribution in [2.24, 2.45) is 5.92 Å². The highest BCUT2D eigenvalue weighted by molar-refractivity contribution is 5.94. The number of hydrogen-bond donors (Lipinski definition) is 0. The third-order valence-corrected chi connectivity index (χ3v) is 4.05. The van der Waals surface area contributed by atoms with Crippen molar-refractivity contribution in [2.75, 3.05) is 7.05 Å². The van der Waals surface area contributed by atoms with Gasteiger partial charge in [0, 0.05) is 24.6 Å². The summed E-state index contributed by atoms with van der Waals surface area (Å²) >= 11 is 0. The molecule has 1 aromatic carbocycles. The number of nitriles is 1. The number of amides is 1. The Bertz CT molecular complexity index is 478. The van der Waals surface area contributed by atoms with E-state index in [2.05, 4.69) is 6.07 Å². The van der Waals surface area contributed by atoms with Gasteiger partial charge >= 0.3 is 0 Å². The first-order chi connectivity index (χ1) is 9.11. The van der Waals surface area contributed by atoms with Crippen molar-refractivity contribution in [1.82, 2.24) is 4.90 Å². The smallest absolute Gasteiger partial charge is 0.253 e. The van der Waals surface area contributed by atoms with Gasteiger partial charge in [0.05, 0.1) is 6.07 Å². The summed E-state index contributed by atoms with van der Waals surface area (Å²) in [7, 11) is 1.87. The minimum atomic E-state index is 0.0837. The summed E-state index contributed by atoms with van der Waals surface area (Å²) in [6, 6.07) is 10.3. The molecule has 0 unspecified atom stereocenters. The number of aryl methyl sites for hydroxylation is 1. The third-order valence-electron chi connectivity index (χ3n) is 4.05. The molecule has 1 aromatic rings. The number of benzene rings is 1. The van der Waals surface area contributed by atoms with Gasteiger partial charge in [-0.1, -0.05) is 17.7 Å². The minimum Gasteiger partial charge on any atom is -0.339 e. The highest BCUT2D eigenvalue weighted by atomic mass is 16.2. The fraction of sp³-hybridized carbons (Fsp3) is 0.500. The fourth-order valence-corrected chi connectivity index (χ4v) is 2.66. The van der Waals surface area contributed by atoms with Crippen LogP contribution in [0.1, 0.15) is 41.6 Å². The van der Waals surface area contributed by atoms with Crippen molar-refractivity contribution in [3.63, 3.8) is 0 Å². The van der Waals surface area contributed by atoms with E-state index >= 15 is 0 Å². The Balaban J connectivity index is 2.00. The summed E-state index contributed by atoms with van der Waals surface area (Å²) < 4.78 is 0. The molecule has 0 atom stereocenters. The maximum Gasteiger partial charge on any atom is 0.253 e. The van der Waals surface area contributed by atoms with E-state index in [0.29, 0.717) is 0 Å². The predicted octanol–water partition coefficient (Wildman–Crippen LogP) is 3.15. The van der Waals surface area contributed by atoms with Gasteiger partial charge in [0.1, 0.15) is 0 Å². The van der Waals surface area contributed by atoms with E-state index in [9.17, 15) is 4.79 Å². The maximum absolute atomic E-state index is 12.4. The second-order valence-electron chi connectivity index (χ2n) is 5.42. The number of rotatable bonds is 2. The van der Waals surface area contributed by atoms with Gasteiger partial charge in [-0.05, 0) is 44.7 Å². The lowest BCUT2D eigenvalue weighted by Crippen LogP contribution is -2.39. The van der Waals surface area contributed by atoms with Crippen molar-refractivity contribution >= 4 is 5.91 Å². The van der Waals surface area contributed by atoms with E-state index in [1.54, 1.807) is 0 Å². The van der Waals surface area contributed by atoms with Crippen LogP contribution in [0.25, 0.3) is 0 Å². The van der Waals surface area contributed by atoms with Crippen molar-refractivity contribution < 1.29 is 4.79 Å². The van der Waals surface area contributed by atoms with Crippen molar-refractivity contribution in [2.45, 2.75) is 38.6 Å². The molecule has 0 radical (unpaired) electrons. The standard InChI is InChI=1S/C16H20N2O/c1-12-3-7-14(8-4-12)16(19)18(2)15-9-5-13(11-17)6-10-15/h3-4,7-8,13,15H,5-6,9-10H2,1-2H3. The second-order valence-corrected chi connectivity index (χ2v) is 5.42. The first-order valence-corrected chi connectivity index (χ1v) is 6.85. The fourth-order valence-electron chi connectivity index (χ4n) is 2.66. The molecule has 0 N–H and O–H groups in total. The Morgan fingerprint density at radius 3 is 2.32 bits per heavy atom. The zero-order valence-corrected chi connectivity index (χ0v) is 11.6. The van der Waals surface area contributed by atoms with E-state index in [1.807, 2.05) is 43.1 Å². The van der Waals surface area contributed by atoms with E-state index in [0.717, 1.165) is 36.8 Å². The summed E-state index contributed by atoms with van der Waals surface area (Å²) in [5.41, 5.74) is 1.91. The van der Waals surface area contributed by atoms with Crippen molar-refractivity contribution in [3.8, 4) is 6.07 Å². The first-order valence-electron chi connectivity index (χ1n) is 6.85. The lowest BCUT2D eigenvalue weighted by atomic mass is 9.86. The van der Waals surface area contributed by atoms with Crippen LogP contribution < -0.4 is 0 Å². The van der Waals surface area contributed by atoms with Crippen LogP contribution in [0.4, 0.5) is 0 Å². The highest BCUT2D eigenvalue weighted by Crippen LogP contribution is 2.27. The van der Waals surface area contributed by atoms with Crippen LogP contribution in [0.5, 0.6) is 0 Å². The van der Waals surface area contributed by atoms with Gasteiger partial charge in [0.25, 0.3) is 5.91 Å². The summed E-state index contributed by atoms with van der Waals surface area (Å²) in [4.78, 5) is 14.2. The molecular formula is C16H20N2O. The van der Waals surface area contributed by atoms with Gasteiger partial charge in [-0.25, -0.2) is 0 Å². The lowest BCUT2D eigenvalue weighted by Gasteiger charge is -2.32. The number of nitrogens with zero attached hydrogens (tertiary/aromatic N) is 2. The first kappa shape index (κ1) is 13.6. The average Bonchev–Trinajstić information content (AvgIpc) is 2.46. The van der Waals surface area contributed by atoms with E-state index in [4.69, 9.17) is 5.26 Å². The predicted molar refractivity (Wildman–Crippen MR) is 74.6 cm³/mol. The molecule has 1 aliphatic rings. The van der Waals surface area contributed by atoms with Gasteiger partial charge in [-0.15, -0.1) is 0 Å². The molecule has 0 spiro atoms. The summed E-state index contributed by atoms with van der Waals surface area (Å²) in [5, 5.41) is 8.90. The van der Waals surface area contributed by atoms with Crippen molar-refractivity contribution in [3.05, 3.63) is 35.4 Å². The Kier molecular flexibility index (Phi) is 4.21.